The van der Waals surface area contributed by atoms with Crippen molar-refractivity contribution in [2.75, 3.05) is 39.4 Å². The van der Waals surface area contributed by atoms with Crippen LogP contribution in [0, 0.1) is 0 Å². The van der Waals surface area contributed by atoms with E-state index in [1.54, 1.807) is 25.9 Å². The predicted octanol–water partition coefficient (Wildman–Crippen LogP) is 0.127. The number of esters is 1. The highest BCUT2D eigenvalue weighted by Gasteiger charge is 2.15. The molecule has 1 atom stereocenters. The highest BCUT2D eigenvalue weighted by atomic mass is 32.2. The highest BCUT2D eigenvalue weighted by molar-refractivity contribution is 7.99. The van der Waals surface area contributed by atoms with E-state index in [0.29, 0.717) is 12.4 Å². The summed E-state index contributed by atoms with van der Waals surface area (Å²) in [6.45, 7) is 0.711. The number of thioether (sulfide) groups is 1. The Morgan fingerprint density at radius 3 is 2.69 bits per heavy atom. The summed E-state index contributed by atoms with van der Waals surface area (Å²) in [5, 5.41) is 2.89. The summed E-state index contributed by atoms with van der Waals surface area (Å²) in [5.41, 5.74) is 0. The van der Waals surface area contributed by atoms with Crippen LogP contribution in [-0.2, 0) is 14.3 Å². The predicted molar refractivity (Wildman–Crippen MR) is 54.1 cm³/mol. The molecule has 0 fully saturated rings. The van der Waals surface area contributed by atoms with Crippen LogP contribution in [-0.4, -0.2) is 51.4 Å². The number of ether oxygens (including phenoxy) is 2. The lowest BCUT2D eigenvalue weighted by Gasteiger charge is -2.12. The fourth-order valence-corrected chi connectivity index (χ4v) is 1.74. The molecule has 1 N–H and O–H groups in total. The molecule has 4 nitrogen and oxygen atoms in total. The number of methoxy groups -OCH3 is 2. The number of carbonyl (C=O) groups is 1. The van der Waals surface area contributed by atoms with Gasteiger partial charge in [0.05, 0.1) is 13.7 Å². The van der Waals surface area contributed by atoms with Crippen molar-refractivity contribution < 1.29 is 14.3 Å². The largest absolute Gasteiger partial charge is 0.468 e. The normalized spacial score (nSPS) is 12.5. The number of nitrogens with one attached hydrogen (secondary N) is 1. The fourth-order valence-electron chi connectivity index (χ4n) is 0.755. The molecule has 0 aromatic heterocycles. The highest BCUT2D eigenvalue weighted by Crippen LogP contribution is 2.03. The van der Waals surface area contributed by atoms with Gasteiger partial charge in [0.25, 0.3) is 0 Å². The lowest BCUT2D eigenvalue weighted by atomic mass is 10.3. The van der Waals surface area contributed by atoms with Crippen molar-refractivity contribution in [2.45, 2.75) is 6.04 Å². The Labute approximate surface area is 83.4 Å². The molecule has 0 aromatic carbocycles. The Hall–Kier alpha value is -0.260. The zero-order valence-corrected chi connectivity index (χ0v) is 9.15. The summed E-state index contributed by atoms with van der Waals surface area (Å²) in [4.78, 5) is 11.1. The van der Waals surface area contributed by atoms with Crippen LogP contribution >= 0.6 is 11.8 Å². The zero-order chi connectivity index (χ0) is 10.1. The van der Waals surface area contributed by atoms with Crippen molar-refractivity contribution >= 4 is 17.7 Å². The number of carbonyl (C=O) groups excluding carboxylic acids is 1. The van der Waals surface area contributed by atoms with Gasteiger partial charge < -0.3 is 14.8 Å². The molecule has 1 unspecified atom stereocenters. The van der Waals surface area contributed by atoms with E-state index in [2.05, 4.69) is 10.1 Å². The van der Waals surface area contributed by atoms with E-state index in [4.69, 9.17) is 4.74 Å². The topological polar surface area (TPSA) is 47.6 Å². The lowest BCUT2D eigenvalue weighted by Crippen LogP contribution is -2.37. The van der Waals surface area contributed by atoms with Crippen molar-refractivity contribution in [2.24, 2.45) is 0 Å². The minimum atomic E-state index is -0.216. The lowest BCUT2D eigenvalue weighted by molar-refractivity contribution is -0.142. The Bertz CT molecular complexity index is 143. The monoisotopic (exact) mass is 207 g/mol. The van der Waals surface area contributed by atoms with Crippen molar-refractivity contribution in [3.8, 4) is 0 Å². The molecule has 0 radical (unpaired) electrons. The Kier molecular flexibility index (Phi) is 8.18. The molecule has 5 heteroatoms. The van der Waals surface area contributed by atoms with Gasteiger partial charge in [0, 0.05) is 18.6 Å². The average molecular weight is 207 g/mol. The SMILES string of the molecule is CNC(CSCCOC)C(=O)OC. The number of rotatable bonds is 7. The molecule has 0 spiro atoms. The van der Waals surface area contributed by atoms with Gasteiger partial charge in [-0.3, -0.25) is 4.79 Å². The van der Waals surface area contributed by atoms with Gasteiger partial charge in [0.15, 0.2) is 0 Å². The van der Waals surface area contributed by atoms with Gasteiger partial charge in [0.1, 0.15) is 6.04 Å². The van der Waals surface area contributed by atoms with E-state index in [1.807, 2.05) is 0 Å². The molecule has 13 heavy (non-hydrogen) atoms. The molecule has 78 valence electrons. The third kappa shape index (κ3) is 5.90. The number of likely N-dealkylation sites (N-methyl/N-ethyl adjacent to an activating group) is 1. The van der Waals surface area contributed by atoms with Crippen LogP contribution < -0.4 is 5.32 Å². The van der Waals surface area contributed by atoms with Gasteiger partial charge in [0.2, 0.25) is 0 Å². The average Bonchev–Trinajstić information content (AvgIpc) is 2.17. The van der Waals surface area contributed by atoms with Crippen LogP contribution in [0.15, 0.2) is 0 Å². The van der Waals surface area contributed by atoms with Crippen LogP contribution in [0.5, 0.6) is 0 Å². The smallest absolute Gasteiger partial charge is 0.323 e. The number of hydrogen-bond acceptors (Lipinski definition) is 5. The first-order valence-corrected chi connectivity index (χ1v) is 5.23. The molecule has 0 saturated heterocycles. The fraction of sp³-hybridized carbons (Fsp3) is 0.875. The molecular formula is C8H17NO3S. The van der Waals surface area contributed by atoms with Gasteiger partial charge in [-0.2, -0.15) is 11.8 Å². The maximum Gasteiger partial charge on any atom is 0.323 e. The minimum absolute atomic E-state index is 0.215. The molecule has 0 aromatic rings. The van der Waals surface area contributed by atoms with Gasteiger partial charge in [-0.25, -0.2) is 0 Å². The second-order valence-electron chi connectivity index (χ2n) is 2.43. The van der Waals surface area contributed by atoms with Crippen molar-refractivity contribution in [1.82, 2.24) is 5.32 Å². The standard InChI is InChI=1S/C8H17NO3S/c1-9-7(8(10)12-3)6-13-5-4-11-2/h7,9H,4-6H2,1-3H3. The molecule has 0 amide bonds. The molecule has 0 aliphatic rings. The van der Waals surface area contributed by atoms with Crippen LogP contribution in [0.1, 0.15) is 0 Å². The van der Waals surface area contributed by atoms with Gasteiger partial charge in [-0.15, -0.1) is 0 Å². The second-order valence-corrected chi connectivity index (χ2v) is 3.58. The Morgan fingerprint density at radius 1 is 1.54 bits per heavy atom. The van der Waals surface area contributed by atoms with Gasteiger partial charge in [-0.05, 0) is 7.05 Å². The molecular weight excluding hydrogens is 190 g/mol. The summed E-state index contributed by atoms with van der Waals surface area (Å²) in [6.07, 6.45) is 0. The minimum Gasteiger partial charge on any atom is -0.468 e. The van der Waals surface area contributed by atoms with Crippen LogP contribution in [0.4, 0.5) is 0 Å². The van der Waals surface area contributed by atoms with E-state index in [0.717, 1.165) is 5.75 Å². The van der Waals surface area contributed by atoms with Crippen molar-refractivity contribution in [1.29, 1.82) is 0 Å². The molecule has 0 aliphatic heterocycles. The molecule has 0 bridgehead atoms. The molecule has 0 rings (SSSR count). The maximum atomic E-state index is 11.1. The first-order valence-electron chi connectivity index (χ1n) is 4.08. The van der Waals surface area contributed by atoms with Crippen LogP contribution in [0.25, 0.3) is 0 Å². The first kappa shape index (κ1) is 12.7. The van der Waals surface area contributed by atoms with E-state index >= 15 is 0 Å². The van der Waals surface area contributed by atoms with Gasteiger partial charge >= 0.3 is 5.97 Å². The summed E-state index contributed by atoms with van der Waals surface area (Å²) in [5.74, 6) is 1.39. The quantitative estimate of drug-likeness (QED) is 0.475. The van der Waals surface area contributed by atoms with Gasteiger partial charge in [-0.1, -0.05) is 0 Å². The third-order valence-electron chi connectivity index (χ3n) is 1.55. The second kappa shape index (κ2) is 8.34. The van der Waals surface area contributed by atoms with E-state index < -0.39 is 0 Å². The van der Waals surface area contributed by atoms with E-state index in [1.165, 1.54) is 7.11 Å². The van der Waals surface area contributed by atoms with Crippen molar-refractivity contribution in [3.05, 3.63) is 0 Å². The van der Waals surface area contributed by atoms with Crippen LogP contribution in [0.3, 0.4) is 0 Å². The zero-order valence-electron chi connectivity index (χ0n) is 8.33. The summed E-state index contributed by atoms with van der Waals surface area (Å²) >= 11 is 1.67. The number of hydrogen-bond donors (Lipinski definition) is 1. The summed E-state index contributed by atoms with van der Waals surface area (Å²) < 4.78 is 9.50. The maximum absolute atomic E-state index is 11.1. The van der Waals surface area contributed by atoms with E-state index in [9.17, 15) is 4.79 Å². The Morgan fingerprint density at radius 2 is 2.23 bits per heavy atom. The summed E-state index contributed by atoms with van der Waals surface area (Å²) in [7, 11) is 4.81. The van der Waals surface area contributed by atoms with E-state index in [-0.39, 0.29) is 12.0 Å². The Balaban J connectivity index is 3.53. The third-order valence-corrected chi connectivity index (χ3v) is 2.57. The molecule has 0 aliphatic carbocycles. The summed E-state index contributed by atoms with van der Waals surface area (Å²) in [6, 6.07) is -0.216. The van der Waals surface area contributed by atoms with Crippen molar-refractivity contribution in [3.63, 3.8) is 0 Å². The molecule has 0 saturated carbocycles. The first-order chi connectivity index (χ1) is 6.26. The molecule has 0 heterocycles. The van der Waals surface area contributed by atoms with Crippen LogP contribution in [0.2, 0.25) is 0 Å².